The van der Waals surface area contributed by atoms with Crippen LogP contribution in [0.5, 0.6) is 0 Å². The Kier molecular flexibility index (Phi) is 5.33. The maximum atomic E-state index is 11.8. The van der Waals surface area contributed by atoms with E-state index in [1.165, 1.54) is 11.1 Å². The third kappa shape index (κ3) is 3.99. The lowest BCUT2D eigenvalue weighted by Gasteiger charge is -2.31. The van der Waals surface area contributed by atoms with Crippen molar-refractivity contribution >= 4 is 11.9 Å². The molecule has 5 nitrogen and oxygen atoms in total. The molecule has 3 rings (SSSR count). The summed E-state index contributed by atoms with van der Waals surface area (Å²) in [6.45, 7) is 2.46. The standard InChI is InChI=1S/C20H24N4O/c1-21-19(25)17-9-5-6-15(12-17)13-23-20(22-2)24-11-10-16-7-3-4-8-18(16)14-24/h3-9,12H,10-11,13-14H2,1-2H3,(H,21,25)(H,22,23). The third-order valence-corrected chi connectivity index (χ3v) is 4.51. The van der Waals surface area contributed by atoms with Crippen LogP contribution in [0.15, 0.2) is 53.5 Å². The van der Waals surface area contributed by atoms with Gasteiger partial charge in [-0.15, -0.1) is 0 Å². The zero-order valence-corrected chi connectivity index (χ0v) is 14.7. The van der Waals surface area contributed by atoms with Crippen LogP contribution in [0.3, 0.4) is 0 Å². The van der Waals surface area contributed by atoms with Crippen molar-refractivity contribution in [2.75, 3.05) is 20.6 Å². The van der Waals surface area contributed by atoms with Gasteiger partial charge >= 0.3 is 0 Å². The summed E-state index contributed by atoms with van der Waals surface area (Å²) in [7, 11) is 3.45. The van der Waals surface area contributed by atoms with E-state index in [9.17, 15) is 4.79 Å². The predicted molar refractivity (Wildman–Crippen MR) is 101 cm³/mol. The molecule has 0 unspecified atom stereocenters. The number of guanidine groups is 1. The largest absolute Gasteiger partial charge is 0.355 e. The number of amides is 1. The minimum Gasteiger partial charge on any atom is -0.355 e. The van der Waals surface area contributed by atoms with E-state index in [2.05, 4.69) is 44.8 Å². The molecule has 1 aliphatic rings. The Morgan fingerprint density at radius 2 is 1.96 bits per heavy atom. The van der Waals surface area contributed by atoms with E-state index < -0.39 is 0 Å². The number of carbonyl (C=O) groups excluding carboxylic acids is 1. The fourth-order valence-electron chi connectivity index (χ4n) is 3.16. The minimum absolute atomic E-state index is 0.0705. The zero-order chi connectivity index (χ0) is 17.6. The number of nitrogens with one attached hydrogen (secondary N) is 2. The molecular formula is C20H24N4O. The molecule has 1 amide bonds. The summed E-state index contributed by atoms with van der Waals surface area (Å²) in [5.41, 5.74) is 4.51. The maximum absolute atomic E-state index is 11.8. The van der Waals surface area contributed by atoms with E-state index in [4.69, 9.17) is 0 Å². The number of fused-ring (bicyclic) bond motifs is 1. The molecule has 2 N–H and O–H groups in total. The molecule has 1 aliphatic heterocycles. The molecule has 0 saturated heterocycles. The molecular weight excluding hydrogens is 312 g/mol. The van der Waals surface area contributed by atoms with Gasteiger partial charge in [-0.1, -0.05) is 36.4 Å². The lowest BCUT2D eigenvalue weighted by molar-refractivity contribution is 0.0963. The number of carbonyl (C=O) groups is 1. The first-order valence-electron chi connectivity index (χ1n) is 8.54. The fourth-order valence-corrected chi connectivity index (χ4v) is 3.16. The van der Waals surface area contributed by atoms with Crippen molar-refractivity contribution in [3.05, 3.63) is 70.8 Å². The Morgan fingerprint density at radius 3 is 2.72 bits per heavy atom. The van der Waals surface area contributed by atoms with Gasteiger partial charge in [0.25, 0.3) is 5.91 Å². The minimum atomic E-state index is -0.0705. The molecule has 0 aromatic heterocycles. The summed E-state index contributed by atoms with van der Waals surface area (Å²) in [5, 5.41) is 6.07. The van der Waals surface area contributed by atoms with E-state index in [0.29, 0.717) is 12.1 Å². The van der Waals surface area contributed by atoms with Gasteiger partial charge in [-0.05, 0) is 35.2 Å². The van der Waals surface area contributed by atoms with Crippen molar-refractivity contribution in [3.8, 4) is 0 Å². The van der Waals surface area contributed by atoms with Crippen molar-refractivity contribution < 1.29 is 4.79 Å². The van der Waals surface area contributed by atoms with Crippen LogP contribution in [0.4, 0.5) is 0 Å². The fraction of sp³-hybridized carbons (Fsp3) is 0.300. The van der Waals surface area contributed by atoms with Crippen LogP contribution in [0, 0.1) is 0 Å². The van der Waals surface area contributed by atoms with Gasteiger partial charge in [0.05, 0.1) is 0 Å². The zero-order valence-electron chi connectivity index (χ0n) is 14.7. The van der Waals surface area contributed by atoms with Gasteiger partial charge in [-0.2, -0.15) is 0 Å². The van der Waals surface area contributed by atoms with E-state index in [1.54, 1.807) is 7.05 Å². The van der Waals surface area contributed by atoms with Crippen molar-refractivity contribution in [1.82, 2.24) is 15.5 Å². The van der Waals surface area contributed by atoms with Gasteiger partial charge in [0.2, 0.25) is 0 Å². The van der Waals surface area contributed by atoms with Crippen molar-refractivity contribution in [1.29, 1.82) is 0 Å². The molecule has 0 radical (unpaired) electrons. The van der Waals surface area contributed by atoms with Crippen LogP contribution in [0.1, 0.15) is 27.0 Å². The average molecular weight is 336 g/mol. The first-order chi connectivity index (χ1) is 12.2. The second-order valence-electron chi connectivity index (χ2n) is 6.12. The molecule has 5 heteroatoms. The molecule has 1 heterocycles. The third-order valence-electron chi connectivity index (χ3n) is 4.51. The number of benzene rings is 2. The average Bonchev–Trinajstić information content (AvgIpc) is 2.68. The van der Waals surface area contributed by atoms with Crippen molar-refractivity contribution in [3.63, 3.8) is 0 Å². The highest BCUT2D eigenvalue weighted by atomic mass is 16.1. The molecule has 25 heavy (non-hydrogen) atoms. The summed E-state index contributed by atoms with van der Waals surface area (Å²) in [6.07, 6.45) is 1.03. The monoisotopic (exact) mass is 336 g/mol. The van der Waals surface area contributed by atoms with E-state index >= 15 is 0 Å². The second kappa shape index (κ2) is 7.83. The Hall–Kier alpha value is -2.82. The van der Waals surface area contributed by atoms with Crippen LogP contribution in [0.2, 0.25) is 0 Å². The summed E-state index contributed by atoms with van der Waals surface area (Å²) in [5.74, 6) is 0.818. The van der Waals surface area contributed by atoms with Gasteiger partial charge in [-0.3, -0.25) is 9.79 Å². The van der Waals surface area contributed by atoms with Gasteiger partial charge in [-0.25, -0.2) is 0 Å². The lowest BCUT2D eigenvalue weighted by Crippen LogP contribution is -2.43. The van der Waals surface area contributed by atoms with E-state index in [0.717, 1.165) is 31.0 Å². The van der Waals surface area contributed by atoms with E-state index in [-0.39, 0.29) is 5.91 Å². The van der Waals surface area contributed by atoms with Crippen molar-refractivity contribution in [2.45, 2.75) is 19.5 Å². The summed E-state index contributed by atoms with van der Waals surface area (Å²) < 4.78 is 0. The first kappa shape index (κ1) is 17.0. The van der Waals surface area contributed by atoms with Gasteiger partial charge in [0.1, 0.15) is 0 Å². The lowest BCUT2D eigenvalue weighted by atomic mass is 10.0. The predicted octanol–water partition coefficient (Wildman–Crippen LogP) is 2.18. The molecule has 2 aromatic carbocycles. The highest BCUT2D eigenvalue weighted by Crippen LogP contribution is 2.18. The number of aliphatic imine (C=N–C) groups is 1. The Labute approximate surface area is 148 Å². The smallest absolute Gasteiger partial charge is 0.251 e. The van der Waals surface area contributed by atoms with Gasteiger partial charge in [0, 0.05) is 39.3 Å². The molecule has 130 valence electrons. The first-order valence-corrected chi connectivity index (χ1v) is 8.54. The van der Waals surface area contributed by atoms with E-state index in [1.807, 2.05) is 31.3 Å². The topological polar surface area (TPSA) is 56.7 Å². The Morgan fingerprint density at radius 1 is 1.16 bits per heavy atom. The van der Waals surface area contributed by atoms with Crippen LogP contribution in [-0.2, 0) is 19.5 Å². The van der Waals surface area contributed by atoms with Crippen LogP contribution >= 0.6 is 0 Å². The molecule has 0 fully saturated rings. The number of hydrogen-bond donors (Lipinski definition) is 2. The summed E-state index contributed by atoms with van der Waals surface area (Å²) >= 11 is 0. The summed E-state index contributed by atoms with van der Waals surface area (Å²) in [4.78, 5) is 18.5. The molecule has 2 aromatic rings. The Bertz CT molecular complexity index is 785. The van der Waals surface area contributed by atoms with Crippen LogP contribution < -0.4 is 10.6 Å². The highest BCUT2D eigenvalue weighted by Gasteiger charge is 2.18. The molecule has 0 aliphatic carbocycles. The second-order valence-corrected chi connectivity index (χ2v) is 6.12. The number of nitrogens with zero attached hydrogens (tertiary/aromatic N) is 2. The number of hydrogen-bond acceptors (Lipinski definition) is 2. The van der Waals surface area contributed by atoms with Crippen molar-refractivity contribution in [2.24, 2.45) is 4.99 Å². The molecule has 0 saturated carbocycles. The van der Waals surface area contributed by atoms with Crippen LogP contribution in [-0.4, -0.2) is 37.4 Å². The van der Waals surface area contributed by atoms with Gasteiger partial charge in [0.15, 0.2) is 5.96 Å². The molecule has 0 atom stereocenters. The SMILES string of the molecule is CN=C(NCc1cccc(C(=O)NC)c1)N1CCc2ccccc2C1. The van der Waals surface area contributed by atoms with Gasteiger partial charge < -0.3 is 15.5 Å². The molecule has 0 spiro atoms. The molecule has 0 bridgehead atoms. The Balaban J connectivity index is 1.65. The summed E-state index contributed by atoms with van der Waals surface area (Å²) in [6, 6.07) is 16.2. The maximum Gasteiger partial charge on any atom is 0.251 e. The van der Waals surface area contributed by atoms with Crippen LogP contribution in [0.25, 0.3) is 0 Å². The number of rotatable bonds is 3. The highest BCUT2D eigenvalue weighted by molar-refractivity contribution is 5.94. The quantitative estimate of drug-likeness (QED) is 0.667. The normalized spacial score (nSPS) is 14.0.